The summed E-state index contributed by atoms with van der Waals surface area (Å²) in [5.41, 5.74) is 4.91. The van der Waals surface area contributed by atoms with E-state index in [2.05, 4.69) is 0 Å². The number of para-hydroxylation sites is 3. The second-order valence-electron chi connectivity index (χ2n) is 5.78. The zero-order valence-corrected chi connectivity index (χ0v) is 14.1. The summed E-state index contributed by atoms with van der Waals surface area (Å²) in [5, 5.41) is 10.7. The van der Waals surface area contributed by atoms with Crippen LogP contribution in [0.1, 0.15) is 17.5 Å². The first kappa shape index (κ1) is 15.6. The molecular formula is C21H15ClN2O. The fraction of sp³-hybridized carbons (Fsp3) is 0.0476. The van der Waals surface area contributed by atoms with Crippen LogP contribution in [0.2, 0.25) is 5.02 Å². The van der Waals surface area contributed by atoms with Gasteiger partial charge in [-0.25, -0.2) is 0 Å². The molecule has 0 unspecified atom stereocenters. The maximum Gasteiger partial charge on any atom is 0.143 e. The van der Waals surface area contributed by atoms with Crippen molar-refractivity contribution < 1.29 is 5.11 Å². The summed E-state index contributed by atoms with van der Waals surface area (Å²) in [4.78, 5) is 9.60. The number of fused-ring (bicyclic) bond motifs is 1. The summed E-state index contributed by atoms with van der Waals surface area (Å²) >= 11 is 6.09. The van der Waals surface area contributed by atoms with Crippen molar-refractivity contribution in [3.8, 4) is 5.75 Å². The summed E-state index contributed by atoms with van der Waals surface area (Å²) < 4.78 is 0. The van der Waals surface area contributed by atoms with E-state index < -0.39 is 0 Å². The molecule has 0 atom stereocenters. The fourth-order valence-corrected chi connectivity index (χ4v) is 3.06. The molecule has 0 radical (unpaired) electrons. The Morgan fingerprint density at radius 1 is 0.720 bits per heavy atom. The minimum atomic E-state index is 0.0507. The van der Waals surface area contributed by atoms with Crippen molar-refractivity contribution in [2.45, 2.75) is 6.42 Å². The zero-order valence-electron chi connectivity index (χ0n) is 13.4. The molecule has 4 rings (SSSR count). The van der Waals surface area contributed by atoms with E-state index in [1.165, 1.54) is 0 Å². The van der Waals surface area contributed by atoms with Gasteiger partial charge in [0, 0.05) is 12.0 Å². The third-order valence-corrected chi connectivity index (χ3v) is 4.44. The Labute approximate surface area is 151 Å². The maximum atomic E-state index is 10.4. The molecule has 3 nitrogen and oxygen atoms in total. The Balaban J connectivity index is 1.90. The molecule has 0 spiro atoms. The number of hydrogen-bond acceptors (Lipinski definition) is 3. The number of phenols is 1. The molecule has 0 aliphatic carbocycles. The lowest BCUT2D eigenvalue weighted by atomic mass is 9.99. The van der Waals surface area contributed by atoms with Gasteiger partial charge in [0.2, 0.25) is 0 Å². The Bertz CT molecular complexity index is 994. The molecule has 3 aromatic carbocycles. The molecule has 4 heteroatoms. The van der Waals surface area contributed by atoms with Gasteiger partial charge >= 0.3 is 0 Å². The molecule has 3 aromatic rings. The first-order chi connectivity index (χ1) is 12.2. The number of halogens is 1. The number of aromatic hydroxyl groups is 1. The van der Waals surface area contributed by atoms with Crippen molar-refractivity contribution in [3.63, 3.8) is 0 Å². The second-order valence-corrected chi connectivity index (χ2v) is 6.19. The highest BCUT2D eigenvalue weighted by Gasteiger charge is 2.19. The van der Waals surface area contributed by atoms with E-state index in [1.54, 1.807) is 6.07 Å². The minimum Gasteiger partial charge on any atom is -0.506 e. The first-order valence-corrected chi connectivity index (χ1v) is 8.37. The van der Waals surface area contributed by atoms with Crippen LogP contribution < -0.4 is 0 Å². The van der Waals surface area contributed by atoms with E-state index >= 15 is 0 Å². The molecule has 0 aromatic heterocycles. The summed E-state index contributed by atoms with van der Waals surface area (Å²) in [7, 11) is 0. The van der Waals surface area contributed by atoms with Crippen molar-refractivity contribution in [1.82, 2.24) is 0 Å². The summed E-state index contributed by atoms with van der Waals surface area (Å²) in [6.07, 6.45) is 0.507. The topological polar surface area (TPSA) is 45.0 Å². The number of phenolic OH excluding ortho intramolecular Hbond substituents is 1. The molecule has 0 saturated heterocycles. The Kier molecular flexibility index (Phi) is 4.08. The van der Waals surface area contributed by atoms with Crippen molar-refractivity contribution in [2.24, 2.45) is 9.98 Å². The molecular weight excluding hydrogens is 332 g/mol. The molecule has 0 amide bonds. The van der Waals surface area contributed by atoms with Crippen LogP contribution in [0.25, 0.3) is 0 Å². The lowest BCUT2D eigenvalue weighted by Crippen LogP contribution is -2.10. The van der Waals surface area contributed by atoms with Crippen LogP contribution in [0.5, 0.6) is 5.75 Å². The molecule has 1 heterocycles. The molecule has 0 bridgehead atoms. The number of aliphatic imine (C=N–C) groups is 2. The van der Waals surface area contributed by atoms with Crippen LogP contribution in [-0.2, 0) is 0 Å². The highest BCUT2D eigenvalue weighted by molar-refractivity contribution is 6.33. The van der Waals surface area contributed by atoms with E-state index in [1.807, 2.05) is 66.7 Å². The number of rotatable bonds is 2. The Morgan fingerprint density at radius 3 is 2.08 bits per heavy atom. The van der Waals surface area contributed by atoms with Crippen LogP contribution in [0.4, 0.5) is 11.4 Å². The van der Waals surface area contributed by atoms with Gasteiger partial charge in [-0.05, 0) is 29.8 Å². The van der Waals surface area contributed by atoms with Gasteiger partial charge in [-0.3, -0.25) is 9.98 Å². The van der Waals surface area contributed by atoms with Gasteiger partial charge in [0.1, 0.15) is 5.75 Å². The van der Waals surface area contributed by atoms with Gasteiger partial charge in [-0.15, -0.1) is 0 Å². The normalized spacial score (nSPS) is 13.5. The summed E-state index contributed by atoms with van der Waals surface area (Å²) in [6.45, 7) is 0. The molecule has 122 valence electrons. The second kappa shape index (κ2) is 6.54. The number of hydrogen-bond donors (Lipinski definition) is 1. The first-order valence-electron chi connectivity index (χ1n) is 8.00. The van der Waals surface area contributed by atoms with Gasteiger partial charge < -0.3 is 5.11 Å². The van der Waals surface area contributed by atoms with Gasteiger partial charge in [0.15, 0.2) is 0 Å². The Morgan fingerprint density at radius 2 is 1.36 bits per heavy atom. The fourth-order valence-electron chi connectivity index (χ4n) is 2.88. The standard InChI is InChI=1S/C21H15ClN2O/c22-16-10-6-9-15(21(16)25)20-13-19(14-7-2-1-3-8-14)23-17-11-4-5-12-18(17)24-20/h1-12,25H,13H2. The number of benzene rings is 3. The lowest BCUT2D eigenvalue weighted by Gasteiger charge is -2.10. The van der Waals surface area contributed by atoms with Gasteiger partial charge in [0.05, 0.1) is 27.8 Å². The lowest BCUT2D eigenvalue weighted by molar-refractivity contribution is 0.474. The van der Waals surface area contributed by atoms with Crippen molar-refractivity contribution >= 4 is 34.4 Å². The van der Waals surface area contributed by atoms with Gasteiger partial charge in [0.25, 0.3) is 0 Å². The third-order valence-electron chi connectivity index (χ3n) is 4.13. The maximum absolute atomic E-state index is 10.4. The third kappa shape index (κ3) is 3.06. The highest BCUT2D eigenvalue weighted by Crippen LogP contribution is 2.35. The molecule has 25 heavy (non-hydrogen) atoms. The monoisotopic (exact) mass is 346 g/mol. The van der Waals surface area contributed by atoms with Crippen molar-refractivity contribution in [1.29, 1.82) is 0 Å². The summed E-state index contributed by atoms with van der Waals surface area (Å²) in [6, 6.07) is 23.1. The highest BCUT2D eigenvalue weighted by atomic mass is 35.5. The van der Waals surface area contributed by atoms with E-state index in [4.69, 9.17) is 21.6 Å². The molecule has 1 aliphatic rings. The molecule has 0 fully saturated rings. The molecule has 1 aliphatic heterocycles. The van der Waals surface area contributed by atoms with Crippen LogP contribution in [-0.4, -0.2) is 16.5 Å². The van der Waals surface area contributed by atoms with E-state index in [0.29, 0.717) is 17.0 Å². The quantitative estimate of drug-likeness (QED) is 0.636. The predicted octanol–water partition coefficient (Wildman–Crippen LogP) is 5.69. The number of nitrogens with zero attached hydrogens (tertiary/aromatic N) is 2. The van der Waals surface area contributed by atoms with Crippen LogP contribution in [0.3, 0.4) is 0 Å². The van der Waals surface area contributed by atoms with Gasteiger partial charge in [-0.2, -0.15) is 0 Å². The Hall–Kier alpha value is -2.91. The smallest absolute Gasteiger partial charge is 0.143 e. The van der Waals surface area contributed by atoms with E-state index in [9.17, 15) is 5.11 Å². The largest absolute Gasteiger partial charge is 0.506 e. The average molecular weight is 347 g/mol. The zero-order chi connectivity index (χ0) is 17.2. The van der Waals surface area contributed by atoms with Crippen molar-refractivity contribution in [3.05, 3.63) is 88.9 Å². The predicted molar refractivity (Wildman–Crippen MR) is 103 cm³/mol. The summed E-state index contributed by atoms with van der Waals surface area (Å²) in [5.74, 6) is 0.0507. The average Bonchev–Trinajstić information content (AvgIpc) is 2.84. The molecule has 1 N–H and O–H groups in total. The van der Waals surface area contributed by atoms with Crippen LogP contribution >= 0.6 is 11.6 Å². The van der Waals surface area contributed by atoms with Crippen LogP contribution in [0.15, 0.2) is 82.8 Å². The van der Waals surface area contributed by atoms with Crippen LogP contribution in [0, 0.1) is 0 Å². The minimum absolute atomic E-state index is 0.0507. The van der Waals surface area contributed by atoms with Crippen molar-refractivity contribution in [2.75, 3.05) is 0 Å². The molecule has 0 saturated carbocycles. The van der Waals surface area contributed by atoms with E-state index in [-0.39, 0.29) is 5.75 Å². The SMILES string of the molecule is Oc1c(Cl)cccc1C1=Nc2ccccc2N=C(c2ccccc2)C1. The van der Waals surface area contributed by atoms with E-state index in [0.717, 1.165) is 28.4 Å². The van der Waals surface area contributed by atoms with Gasteiger partial charge in [-0.1, -0.05) is 60.1 Å².